The molecule has 0 bridgehead atoms. The fourth-order valence-corrected chi connectivity index (χ4v) is 3.91. The fourth-order valence-electron chi connectivity index (χ4n) is 3.91. The van der Waals surface area contributed by atoms with Gasteiger partial charge in [0, 0.05) is 6.04 Å². The summed E-state index contributed by atoms with van der Waals surface area (Å²) in [6.07, 6.45) is 2.44. The molecule has 2 aromatic carbocycles. The molecule has 0 amide bonds. The van der Waals surface area contributed by atoms with Crippen LogP contribution in [-0.2, 0) is 6.42 Å². The molecule has 1 heterocycles. The van der Waals surface area contributed by atoms with E-state index in [1.165, 1.54) is 40.7 Å². The lowest BCUT2D eigenvalue weighted by molar-refractivity contribution is 0.457. The summed E-state index contributed by atoms with van der Waals surface area (Å²) in [4.78, 5) is 0. The Morgan fingerprint density at radius 3 is 2.33 bits per heavy atom. The second-order valence-electron chi connectivity index (χ2n) is 6.48. The largest absolute Gasteiger partial charge is 0.310 e. The molecule has 1 nitrogen and oxygen atoms in total. The third kappa shape index (κ3) is 3.03. The van der Waals surface area contributed by atoms with Crippen molar-refractivity contribution in [2.24, 2.45) is 5.92 Å². The predicted octanol–water partition coefficient (Wildman–Crippen LogP) is 4.51. The third-order valence-corrected chi connectivity index (χ3v) is 4.74. The molecule has 1 fully saturated rings. The maximum absolute atomic E-state index is 3.74. The van der Waals surface area contributed by atoms with Crippen molar-refractivity contribution < 1.29 is 0 Å². The molecule has 2 aromatic rings. The number of hydrogen-bond acceptors (Lipinski definition) is 1. The molecule has 21 heavy (non-hydrogen) atoms. The van der Waals surface area contributed by atoms with Crippen LogP contribution < -0.4 is 5.32 Å². The summed E-state index contributed by atoms with van der Waals surface area (Å²) >= 11 is 0. The molecule has 0 saturated carbocycles. The van der Waals surface area contributed by atoms with E-state index >= 15 is 0 Å². The molecule has 1 saturated heterocycles. The Kier molecular flexibility index (Phi) is 4.12. The van der Waals surface area contributed by atoms with E-state index in [9.17, 15) is 0 Å². The molecule has 1 aliphatic heterocycles. The lowest BCUT2D eigenvalue weighted by Gasteiger charge is -2.24. The summed E-state index contributed by atoms with van der Waals surface area (Å²) in [5.74, 6) is 0.701. The van der Waals surface area contributed by atoms with Gasteiger partial charge in [-0.1, -0.05) is 48.0 Å². The van der Waals surface area contributed by atoms with Crippen molar-refractivity contribution in [2.45, 2.75) is 39.7 Å². The minimum atomic E-state index is 0.505. The van der Waals surface area contributed by atoms with Gasteiger partial charge in [-0.15, -0.1) is 0 Å². The monoisotopic (exact) mass is 279 g/mol. The molecule has 0 aromatic heterocycles. The maximum atomic E-state index is 3.74. The summed E-state index contributed by atoms with van der Waals surface area (Å²) in [5.41, 5.74) is 7.22. The van der Waals surface area contributed by atoms with E-state index in [-0.39, 0.29) is 0 Å². The lowest BCUT2D eigenvalue weighted by Crippen LogP contribution is -2.21. The number of aryl methyl sites for hydroxylation is 3. The Bertz CT molecular complexity index is 592. The van der Waals surface area contributed by atoms with Crippen molar-refractivity contribution >= 4 is 0 Å². The Hall–Kier alpha value is -1.60. The van der Waals surface area contributed by atoms with Crippen LogP contribution in [0.3, 0.4) is 0 Å². The van der Waals surface area contributed by atoms with E-state index in [4.69, 9.17) is 0 Å². The van der Waals surface area contributed by atoms with Crippen LogP contribution in [0, 0.1) is 26.7 Å². The standard InChI is InChI=1S/C20H25N/c1-14-11-15(2)19(16(3)12-14)20-18(9-10-21-20)13-17-7-5-4-6-8-17/h4-8,11-12,18,20-21H,9-10,13H2,1-3H3. The van der Waals surface area contributed by atoms with Gasteiger partial charge in [-0.2, -0.15) is 0 Å². The van der Waals surface area contributed by atoms with Crippen molar-refractivity contribution in [1.29, 1.82) is 0 Å². The first kappa shape index (κ1) is 14.3. The average molecular weight is 279 g/mol. The van der Waals surface area contributed by atoms with Crippen LogP contribution in [0.2, 0.25) is 0 Å². The number of hydrogen-bond donors (Lipinski definition) is 1. The van der Waals surface area contributed by atoms with E-state index in [0.29, 0.717) is 12.0 Å². The van der Waals surface area contributed by atoms with E-state index < -0.39 is 0 Å². The van der Waals surface area contributed by atoms with Crippen molar-refractivity contribution in [1.82, 2.24) is 5.32 Å². The van der Waals surface area contributed by atoms with Gasteiger partial charge in [-0.05, 0) is 68.3 Å². The smallest absolute Gasteiger partial charge is 0.0357 e. The molecule has 1 aliphatic rings. The van der Waals surface area contributed by atoms with Crippen molar-refractivity contribution in [3.63, 3.8) is 0 Å². The minimum Gasteiger partial charge on any atom is -0.310 e. The van der Waals surface area contributed by atoms with Gasteiger partial charge in [0.2, 0.25) is 0 Å². The van der Waals surface area contributed by atoms with Crippen LogP contribution in [0.5, 0.6) is 0 Å². The average Bonchev–Trinajstić information content (AvgIpc) is 2.87. The minimum absolute atomic E-state index is 0.505. The van der Waals surface area contributed by atoms with Gasteiger partial charge >= 0.3 is 0 Å². The highest BCUT2D eigenvalue weighted by Gasteiger charge is 2.30. The highest BCUT2D eigenvalue weighted by atomic mass is 15.0. The van der Waals surface area contributed by atoms with Crippen molar-refractivity contribution in [3.05, 3.63) is 70.3 Å². The summed E-state index contributed by atoms with van der Waals surface area (Å²) in [6, 6.07) is 16.1. The second-order valence-corrected chi connectivity index (χ2v) is 6.48. The predicted molar refractivity (Wildman–Crippen MR) is 89.6 cm³/mol. The van der Waals surface area contributed by atoms with Gasteiger partial charge in [-0.25, -0.2) is 0 Å². The Morgan fingerprint density at radius 1 is 1.00 bits per heavy atom. The zero-order chi connectivity index (χ0) is 14.8. The molecule has 0 aliphatic carbocycles. The molecule has 0 radical (unpaired) electrons. The van der Waals surface area contributed by atoms with Crippen LogP contribution >= 0.6 is 0 Å². The van der Waals surface area contributed by atoms with E-state index in [1.54, 1.807) is 0 Å². The third-order valence-electron chi connectivity index (χ3n) is 4.74. The first-order valence-corrected chi connectivity index (χ1v) is 8.00. The molecular formula is C20H25N. The number of rotatable bonds is 3. The fraction of sp³-hybridized carbons (Fsp3) is 0.400. The van der Waals surface area contributed by atoms with E-state index in [0.717, 1.165) is 6.54 Å². The molecule has 2 unspecified atom stereocenters. The van der Waals surface area contributed by atoms with Crippen LogP contribution in [0.4, 0.5) is 0 Å². The molecule has 110 valence electrons. The van der Waals surface area contributed by atoms with Crippen molar-refractivity contribution in [3.8, 4) is 0 Å². The topological polar surface area (TPSA) is 12.0 Å². The lowest BCUT2D eigenvalue weighted by atomic mass is 9.84. The van der Waals surface area contributed by atoms with Crippen LogP contribution in [0.1, 0.15) is 40.3 Å². The van der Waals surface area contributed by atoms with Gasteiger partial charge in [0.15, 0.2) is 0 Å². The maximum Gasteiger partial charge on any atom is 0.0357 e. The van der Waals surface area contributed by atoms with Gasteiger partial charge < -0.3 is 5.32 Å². The van der Waals surface area contributed by atoms with Crippen LogP contribution in [-0.4, -0.2) is 6.54 Å². The molecule has 2 atom stereocenters. The molecule has 1 N–H and O–H groups in total. The zero-order valence-electron chi connectivity index (χ0n) is 13.3. The molecular weight excluding hydrogens is 254 g/mol. The number of nitrogens with one attached hydrogen (secondary N) is 1. The Balaban J connectivity index is 1.88. The molecule has 3 rings (SSSR count). The highest BCUT2D eigenvalue weighted by Crippen LogP contribution is 2.36. The molecule has 0 spiro atoms. The van der Waals surface area contributed by atoms with E-state index in [1.807, 2.05) is 0 Å². The normalized spacial score (nSPS) is 21.7. The van der Waals surface area contributed by atoms with Crippen LogP contribution in [0.25, 0.3) is 0 Å². The first-order valence-electron chi connectivity index (χ1n) is 8.00. The van der Waals surface area contributed by atoms with Gasteiger partial charge in [0.05, 0.1) is 0 Å². The summed E-state index contributed by atoms with van der Waals surface area (Å²) in [6.45, 7) is 7.84. The first-order chi connectivity index (χ1) is 10.1. The quantitative estimate of drug-likeness (QED) is 0.872. The zero-order valence-corrected chi connectivity index (χ0v) is 13.3. The summed E-state index contributed by atoms with van der Waals surface area (Å²) < 4.78 is 0. The SMILES string of the molecule is Cc1cc(C)c(C2NCCC2Cc2ccccc2)c(C)c1. The van der Waals surface area contributed by atoms with E-state index in [2.05, 4.69) is 68.6 Å². The van der Waals surface area contributed by atoms with Gasteiger partial charge in [0.25, 0.3) is 0 Å². The summed E-state index contributed by atoms with van der Waals surface area (Å²) in [5, 5.41) is 3.74. The second kappa shape index (κ2) is 6.03. The number of benzene rings is 2. The van der Waals surface area contributed by atoms with Gasteiger partial charge in [-0.3, -0.25) is 0 Å². The van der Waals surface area contributed by atoms with Gasteiger partial charge in [0.1, 0.15) is 0 Å². The molecule has 1 heteroatoms. The Morgan fingerprint density at radius 2 is 1.67 bits per heavy atom. The highest BCUT2D eigenvalue weighted by molar-refractivity contribution is 5.40. The van der Waals surface area contributed by atoms with Crippen molar-refractivity contribution in [2.75, 3.05) is 6.54 Å². The Labute approximate surface area is 128 Å². The van der Waals surface area contributed by atoms with Crippen LogP contribution in [0.15, 0.2) is 42.5 Å². The summed E-state index contributed by atoms with van der Waals surface area (Å²) in [7, 11) is 0.